The first-order valence-corrected chi connectivity index (χ1v) is 8.49. The van der Waals surface area contributed by atoms with Gasteiger partial charge in [0.25, 0.3) is 0 Å². The van der Waals surface area contributed by atoms with Crippen LogP contribution < -0.4 is 0 Å². The van der Waals surface area contributed by atoms with E-state index in [1.54, 1.807) is 36.4 Å². The number of benzene rings is 2. The number of carbonyl (C=O) groups excluding carboxylic acids is 1. The Hall–Kier alpha value is -2.21. The lowest BCUT2D eigenvalue weighted by Gasteiger charge is -2.26. The van der Waals surface area contributed by atoms with Crippen LogP contribution in [0.1, 0.15) is 15.9 Å². The molecule has 1 aliphatic rings. The maximum atomic E-state index is 12.1. The molecule has 3 rings (SSSR count). The number of hydrogen-bond acceptors (Lipinski definition) is 5. The average molecular weight is 359 g/mol. The highest BCUT2D eigenvalue weighted by atomic mass is 35.5. The number of halogens is 1. The third-order valence-electron chi connectivity index (χ3n) is 3.90. The van der Waals surface area contributed by atoms with Crippen molar-refractivity contribution in [2.75, 3.05) is 32.8 Å². The highest BCUT2D eigenvalue weighted by Gasteiger charge is 2.16. The van der Waals surface area contributed by atoms with Crippen molar-refractivity contribution < 1.29 is 14.4 Å². The summed E-state index contributed by atoms with van der Waals surface area (Å²) >= 11 is 5.96. The zero-order valence-electron chi connectivity index (χ0n) is 13.7. The maximum Gasteiger partial charge on any atom is 0.365 e. The first kappa shape index (κ1) is 17.6. The van der Waals surface area contributed by atoms with Gasteiger partial charge in [-0.2, -0.15) is 0 Å². The zero-order valence-corrected chi connectivity index (χ0v) is 14.5. The van der Waals surface area contributed by atoms with Gasteiger partial charge in [-0.3, -0.25) is 4.90 Å². The second-order valence-corrected chi connectivity index (χ2v) is 6.11. The molecule has 2 aromatic carbocycles. The van der Waals surface area contributed by atoms with Gasteiger partial charge in [0.15, 0.2) is 0 Å². The third kappa shape index (κ3) is 5.13. The van der Waals surface area contributed by atoms with Crippen molar-refractivity contribution in [3.05, 3.63) is 70.7 Å². The number of rotatable bonds is 5. The van der Waals surface area contributed by atoms with E-state index >= 15 is 0 Å². The highest BCUT2D eigenvalue weighted by Crippen LogP contribution is 2.12. The summed E-state index contributed by atoms with van der Waals surface area (Å²) in [6, 6.07) is 16.1. The highest BCUT2D eigenvalue weighted by molar-refractivity contribution is 6.30. The molecule has 5 nitrogen and oxygen atoms in total. The van der Waals surface area contributed by atoms with Gasteiger partial charge in [-0.05, 0) is 24.3 Å². The van der Waals surface area contributed by atoms with Crippen molar-refractivity contribution in [3.8, 4) is 0 Å². The van der Waals surface area contributed by atoms with Crippen molar-refractivity contribution >= 4 is 23.3 Å². The second-order valence-electron chi connectivity index (χ2n) is 5.68. The Kier molecular flexibility index (Phi) is 6.17. The van der Waals surface area contributed by atoms with Crippen LogP contribution in [0.25, 0.3) is 0 Å². The molecule has 0 unspecified atom stereocenters. The summed E-state index contributed by atoms with van der Waals surface area (Å²) in [6.45, 7) is 3.60. The molecule has 0 radical (unpaired) electrons. The molecule has 0 bridgehead atoms. The van der Waals surface area contributed by atoms with Crippen LogP contribution in [0.15, 0.2) is 59.8 Å². The molecule has 130 valence electrons. The second kappa shape index (κ2) is 8.76. The van der Waals surface area contributed by atoms with Gasteiger partial charge in [-0.25, -0.2) is 4.79 Å². The molecule has 1 aliphatic heterocycles. The van der Waals surface area contributed by atoms with Gasteiger partial charge in [-0.1, -0.05) is 47.1 Å². The summed E-state index contributed by atoms with van der Waals surface area (Å²) < 4.78 is 5.37. The third-order valence-corrected chi connectivity index (χ3v) is 4.15. The maximum absolute atomic E-state index is 12.1. The van der Waals surface area contributed by atoms with Gasteiger partial charge in [0.1, 0.15) is 5.71 Å². The number of hydrogen-bond donors (Lipinski definition) is 0. The van der Waals surface area contributed by atoms with Crippen LogP contribution in [0.4, 0.5) is 0 Å². The molecule has 0 amide bonds. The Morgan fingerprint density at radius 2 is 1.72 bits per heavy atom. The monoisotopic (exact) mass is 358 g/mol. The molecule has 1 saturated heterocycles. The van der Waals surface area contributed by atoms with E-state index in [2.05, 4.69) is 10.1 Å². The van der Waals surface area contributed by atoms with Crippen LogP contribution in [-0.4, -0.2) is 49.4 Å². The largest absolute Gasteiger partial charge is 0.379 e. The Balaban J connectivity index is 1.77. The molecule has 6 heteroatoms. The predicted molar refractivity (Wildman–Crippen MR) is 97.1 cm³/mol. The molecule has 1 heterocycles. The van der Waals surface area contributed by atoms with Gasteiger partial charge in [0, 0.05) is 30.2 Å². The lowest BCUT2D eigenvalue weighted by atomic mass is 10.1. The van der Waals surface area contributed by atoms with Gasteiger partial charge in [0.2, 0.25) is 0 Å². The normalized spacial score (nSPS) is 15.8. The van der Waals surface area contributed by atoms with Crippen molar-refractivity contribution in [2.45, 2.75) is 0 Å². The fourth-order valence-corrected chi connectivity index (χ4v) is 2.64. The summed E-state index contributed by atoms with van der Waals surface area (Å²) in [5, 5.41) is 4.78. The number of ether oxygens (including phenoxy) is 1. The molecular weight excluding hydrogens is 340 g/mol. The van der Waals surface area contributed by atoms with E-state index < -0.39 is 5.97 Å². The smallest absolute Gasteiger partial charge is 0.365 e. The quantitative estimate of drug-likeness (QED) is 0.468. The van der Waals surface area contributed by atoms with Crippen molar-refractivity contribution in [2.24, 2.45) is 5.16 Å². The van der Waals surface area contributed by atoms with Crippen LogP contribution >= 0.6 is 11.6 Å². The Morgan fingerprint density at radius 3 is 2.40 bits per heavy atom. The topological polar surface area (TPSA) is 51.1 Å². The van der Waals surface area contributed by atoms with Crippen molar-refractivity contribution in [3.63, 3.8) is 0 Å². The van der Waals surface area contributed by atoms with Crippen LogP contribution in [0.2, 0.25) is 5.02 Å². The lowest BCUT2D eigenvalue weighted by molar-refractivity contribution is 0.0432. The van der Waals surface area contributed by atoms with E-state index in [9.17, 15) is 4.79 Å². The molecule has 2 aromatic rings. The Bertz CT molecular complexity index is 726. The standard InChI is InChI=1S/C19H19ClN2O3/c20-17-8-6-15(7-9-17)18(14-22-10-12-24-13-11-22)21-25-19(23)16-4-2-1-3-5-16/h1-9H,10-14H2/b21-18-. The number of morpholine rings is 1. The van der Waals surface area contributed by atoms with Gasteiger partial charge in [-0.15, -0.1) is 0 Å². The molecule has 0 spiro atoms. The van der Waals surface area contributed by atoms with Gasteiger partial charge >= 0.3 is 5.97 Å². The zero-order chi connectivity index (χ0) is 17.5. The Labute approximate surface area is 151 Å². The van der Waals surface area contributed by atoms with E-state index in [1.165, 1.54) is 0 Å². The van der Waals surface area contributed by atoms with Gasteiger partial charge in [0.05, 0.1) is 18.8 Å². The van der Waals surface area contributed by atoms with Crippen molar-refractivity contribution in [1.29, 1.82) is 0 Å². The summed E-state index contributed by atoms with van der Waals surface area (Å²) in [7, 11) is 0. The van der Waals surface area contributed by atoms with Crippen LogP contribution in [-0.2, 0) is 9.57 Å². The van der Waals surface area contributed by atoms with Crippen LogP contribution in [0.5, 0.6) is 0 Å². The first-order valence-electron chi connectivity index (χ1n) is 8.12. The van der Waals surface area contributed by atoms with Gasteiger partial charge < -0.3 is 9.57 Å². The Morgan fingerprint density at radius 1 is 1.04 bits per heavy atom. The first-order chi connectivity index (χ1) is 12.2. The lowest BCUT2D eigenvalue weighted by Crippen LogP contribution is -2.39. The van der Waals surface area contributed by atoms with E-state index in [0.29, 0.717) is 36.1 Å². The molecule has 25 heavy (non-hydrogen) atoms. The summed E-state index contributed by atoms with van der Waals surface area (Å²) in [6.07, 6.45) is 0. The summed E-state index contributed by atoms with van der Waals surface area (Å²) in [5.74, 6) is -0.478. The predicted octanol–water partition coefficient (Wildman–Crippen LogP) is 3.23. The molecule has 1 fully saturated rings. The molecule has 0 saturated carbocycles. The van der Waals surface area contributed by atoms with E-state index in [4.69, 9.17) is 21.2 Å². The molecular formula is C19H19ClN2O3. The van der Waals surface area contributed by atoms with Crippen molar-refractivity contribution in [1.82, 2.24) is 4.90 Å². The summed E-state index contributed by atoms with van der Waals surface area (Å²) in [4.78, 5) is 19.5. The van der Waals surface area contributed by atoms with E-state index in [1.807, 2.05) is 18.2 Å². The number of nitrogens with zero attached hydrogens (tertiary/aromatic N) is 2. The molecule has 0 aliphatic carbocycles. The van der Waals surface area contributed by atoms with E-state index in [0.717, 1.165) is 18.7 Å². The molecule has 0 atom stereocenters. The van der Waals surface area contributed by atoms with Crippen LogP contribution in [0.3, 0.4) is 0 Å². The van der Waals surface area contributed by atoms with Crippen LogP contribution in [0, 0.1) is 0 Å². The molecule has 0 aromatic heterocycles. The summed E-state index contributed by atoms with van der Waals surface area (Å²) in [5.41, 5.74) is 2.02. The SMILES string of the molecule is O=C(O/N=C(/CN1CCOCC1)c1ccc(Cl)cc1)c1ccccc1. The minimum Gasteiger partial charge on any atom is -0.379 e. The molecule has 0 N–H and O–H groups in total. The number of carbonyl (C=O) groups is 1. The minimum absolute atomic E-state index is 0.466. The minimum atomic E-state index is -0.478. The van der Waals surface area contributed by atoms with E-state index in [-0.39, 0.29) is 0 Å². The fraction of sp³-hybridized carbons (Fsp3) is 0.263. The fourth-order valence-electron chi connectivity index (χ4n) is 2.51. The average Bonchev–Trinajstić information content (AvgIpc) is 2.67. The number of oxime groups is 1.